The molecular weight excluding hydrogens is 478 g/mol. The first-order valence-corrected chi connectivity index (χ1v) is 12.3. The number of nitrogens with zero attached hydrogens (tertiary/aromatic N) is 3. The third kappa shape index (κ3) is 7.04. The van der Waals surface area contributed by atoms with Crippen LogP contribution in [0.2, 0.25) is 5.02 Å². The number of hydrogen-bond acceptors (Lipinski definition) is 6. The van der Waals surface area contributed by atoms with Crippen molar-refractivity contribution in [2.75, 3.05) is 39.8 Å². The Kier molecular flexibility index (Phi) is 8.89. The van der Waals surface area contributed by atoms with Crippen LogP contribution in [0.5, 0.6) is 11.6 Å². The molecule has 2 heterocycles. The van der Waals surface area contributed by atoms with E-state index in [1.165, 1.54) is 0 Å². The Labute approximate surface area is 216 Å². The van der Waals surface area contributed by atoms with Crippen molar-refractivity contribution in [1.82, 2.24) is 25.4 Å². The minimum atomic E-state index is -0.742. The summed E-state index contributed by atoms with van der Waals surface area (Å²) in [5, 5.41) is 6.81. The van der Waals surface area contributed by atoms with Crippen molar-refractivity contribution in [2.45, 2.75) is 12.6 Å². The van der Waals surface area contributed by atoms with Crippen LogP contribution in [-0.2, 0) is 11.3 Å². The average Bonchev–Trinajstić information content (AvgIpc) is 2.90. The lowest BCUT2D eigenvalue weighted by Crippen LogP contribution is -2.57. The number of aromatic nitrogens is 1. The Morgan fingerprint density at radius 2 is 1.72 bits per heavy atom. The van der Waals surface area contributed by atoms with Gasteiger partial charge in [-0.2, -0.15) is 0 Å². The number of likely N-dealkylation sites (N-methyl/N-ethyl adjacent to an activating group) is 1. The molecule has 1 unspecified atom stereocenters. The molecule has 36 heavy (non-hydrogen) atoms. The fourth-order valence-electron chi connectivity index (χ4n) is 3.90. The highest BCUT2D eigenvalue weighted by molar-refractivity contribution is 6.30. The van der Waals surface area contributed by atoms with E-state index >= 15 is 0 Å². The van der Waals surface area contributed by atoms with Gasteiger partial charge in [0.25, 0.3) is 5.91 Å². The Balaban J connectivity index is 1.48. The highest BCUT2D eigenvalue weighted by atomic mass is 35.5. The van der Waals surface area contributed by atoms with Crippen LogP contribution in [0.15, 0.2) is 72.9 Å². The quantitative estimate of drug-likeness (QED) is 0.462. The summed E-state index contributed by atoms with van der Waals surface area (Å²) in [5.41, 5.74) is 1.34. The Morgan fingerprint density at radius 1 is 1.00 bits per heavy atom. The first-order chi connectivity index (χ1) is 17.5. The van der Waals surface area contributed by atoms with Crippen LogP contribution in [0.25, 0.3) is 0 Å². The number of rotatable bonds is 9. The maximum Gasteiger partial charge on any atom is 0.257 e. The molecule has 2 aromatic carbocycles. The molecule has 1 fully saturated rings. The second kappa shape index (κ2) is 12.5. The van der Waals surface area contributed by atoms with Gasteiger partial charge in [0, 0.05) is 50.5 Å². The minimum Gasteiger partial charge on any atom is -0.438 e. The lowest BCUT2D eigenvalue weighted by molar-refractivity contribution is -0.134. The van der Waals surface area contributed by atoms with Crippen molar-refractivity contribution < 1.29 is 14.3 Å². The molecule has 2 N–H and O–H groups in total. The number of benzene rings is 2. The molecule has 0 radical (unpaired) electrons. The molecule has 9 heteroatoms. The summed E-state index contributed by atoms with van der Waals surface area (Å²) in [6.07, 6.45) is 1.55. The summed E-state index contributed by atoms with van der Waals surface area (Å²) < 4.78 is 5.85. The van der Waals surface area contributed by atoms with Gasteiger partial charge in [0.05, 0.1) is 0 Å². The third-order valence-electron chi connectivity index (χ3n) is 5.98. The van der Waals surface area contributed by atoms with Gasteiger partial charge in [-0.15, -0.1) is 0 Å². The van der Waals surface area contributed by atoms with E-state index in [4.69, 9.17) is 16.3 Å². The Bertz CT molecular complexity index is 1150. The van der Waals surface area contributed by atoms with Gasteiger partial charge < -0.3 is 25.2 Å². The fraction of sp³-hybridized carbons (Fsp3) is 0.296. The third-order valence-corrected chi connectivity index (χ3v) is 6.23. The molecule has 0 bridgehead atoms. The molecule has 1 atom stereocenters. The molecule has 0 saturated carbocycles. The molecule has 1 aromatic heterocycles. The molecular formula is C27H30ClN5O3. The van der Waals surface area contributed by atoms with Crippen LogP contribution in [0.3, 0.4) is 0 Å². The number of halogens is 1. The van der Waals surface area contributed by atoms with Crippen molar-refractivity contribution >= 4 is 23.4 Å². The van der Waals surface area contributed by atoms with E-state index in [0.29, 0.717) is 37.0 Å². The Hall–Kier alpha value is -3.46. The first kappa shape index (κ1) is 25.6. The van der Waals surface area contributed by atoms with Crippen molar-refractivity contribution in [3.05, 3.63) is 89.1 Å². The van der Waals surface area contributed by atoms with Gasteiger partial charge in [-0.25, -0.2) is 4.98 Å². The van der Waals surface area contributed by atoms with E-state index in [-0.39, 0.29) is 17.4 Å². The predicted octanol–water partition coefficient (Wildman–Crippen LogP) is 3.19. The maximum absolute atomic E-state index is 13.4. The van der Waals surface area contributed by atoms with Crippen LogP contribution in [0, 0.1) is 0 Å². The zero-order chi connectivity index (χ0) is 25.3. The van der Waals surface area contributed by atoms with Crippen molar-refractivity contribution in [3.8, 4) is 11.6 Å². The van der Waals surface area contributed by atoms with Gasteiger partial charge in [0.15, 0.2) is 0 Å². The van der Waals surface area contributed by atoms with Crippen LogP contribution >= 0.6 is 11.6 Å². The molecule has 1 aliphatic rings. The highest BCUT2D eigenvalue weighted by Crippen LogP contribution is 2.24. The number of carbonyl (C=O) groups excluding carboxylic acids is 2. The maximum atomic E-state index is 13.4. The minimum absolute atomic E-state index is 0.110. The fourth-order valence-corrected chi connectivity index (χ4v) is 4.03. The van der Waals surface area contributed by atoms with E-state index < -0.39 is 11.9 Å². The normalized spacial score (nSPS) is 14.8. The van der Waals surface area contributed by atoms with Crippen LogP contribution in [-0.4, -0.2) is 72.4 Å². The van der Waals surface area contributed by atoms with Gasteiger partial charge in [0.2, 0.25) is 11.8 Å². The molecule has 188 valence electrons. The summed E-state index contributed by atoms with van der Waals surface area (Å²) >= 11 is 5.96. The average molecular weight is 508 g/mol. The number of ether oxygens (including phenoxy) is 1. The lowest BCUT2D eigenvalue weighted by atomic mass is 10.1. The predicted molar refractivity (Wildman–Crippen MR) is 139 cm³/mol. The SMILES string of the molecule is CN1CCN(C(=O)C(CNCc2ccccc2)NC(=O)c2cccnc2Oc2ccc(Cl)cc2)CC1. The van der Waals surface area contributed by atoms with Crippen molar-refractivity contribution in [1.29, 1.82) is 0 Å². The van der Waals surface area contributed by atoms with Crippen molar-refractivity contribution in [2.24, 2.45) is 0 Å². The molecule has 0 spiro atoms. The monoisotopic (exact) mass is 507 g/mol. The number of pyridine rings is 1. The molecule has 3 aromatic rings. The zero-order valence-electron chi connectivity index (χ0n) is 20.2. The van der Waals surface area contributed by atoms with Gasteiger partial charge in [0.1, 0.15) is 17.4 Å². The summed E-state index contributed by atoms with van der Waals surface area (Å²) in [7, 11) is 2.03. The van der Waals surface area contributed by atoms with E-state index in [9.17, 15) is 9.59 Å². The van der Waals surface area contributed by atoms with Crippen LogP contribution in [0.4, 0.5) is 0 Å². The first-order valence-electron chi connectivity index (χ1n) is 11.9. The summed E-state index contributed by atoms with van der Waals surface area (Å²) in [6.45, 7) is 3.72. The number of carbonyl (C=O) groups is 2. The van der Waals surface area contributed by atoms with E-state index in [1.807, 2.05) is 42.3 Å². The second-order valence-corrected chi connectivity index (χ2v) is 9.12. The summed E-state index contributed by atoms with van der Waals surface area (Å²) in [5.74, 6) is 0.115. The van der Waals surface area contributed by atoms with Gasteiger partial charge in [-0.1, -0.05) is 41.9 Å². The summed E-state index contributed by atoms with van der Waals surface area (Å²) in [4.78, 5) is 35.0. The van der Waals surface area contributed by atoms with Gasteiger partial charge in [-0.05, 0) is 49.0 Å². The van der Waals surface area contributed by atoms with E-state index in [0.717, 1.165) is 18.7 Å². The topological polar surface area (TPSA) is 86.8 Å². The molecule has 1 aliphatic heterocycles. The largest absolute Gasteiger partial charge is 0.438 e. The smallest absolute Gasteiger partial charge is 0.257 e. The summed E-state index contributed by atoms with van der Waals surface area (Å²) in [6, 6.07) is 19.3. The van der Waals surface area contributed by atoms with Gasteiger partial charge in [-0.3, -0.25) is 9.59 Å². The standard InChI is InChI=1S/C27H30ClN5O3/c1-32-14-16-33(17-15-32)27(35)24(19-29-18-20-6-3-2-4-7-20)31-25(34)23-8-5-13-30-26(23)36-22-11-9-21(28)10-12-22/h2-13,24,29H,14-19H2,1H3,(H,31,34). The second-order valence-electron chi connectivity index (χ2n) is 8.68. The van der Waals surface area contributed by atoms with E-state index in [2.05, 4.69) is 20.5 Å². The number of nitrogens with one attached hydrogen (secondary N) is 2. The van der Waals surface area contributed by atoms with E-state index in [1.54, 1.807) is 42.6 Å². The van der Waals surface area contributed by atoms with Gasteiger partial charge >= 0.3 is 0 Å². The van der Waals surface area contributed by atoms with Crippen LogP contribution in [0.1, 0.15) is 15.9 Å². The number of amides is 2. The Morgan fingerprint density at radius 3 is 2.44 bits per heavy atom. The lowest BCUT2D eigenvalue weighted by Gasteiger charge is -2.35. The highest BCUT2D eigenvalue weighted by Gasteiger charge is 2.29. The van der Waals surface area contributed by atoms with Crippen molar-refractivity contribution in [3.63, 3.8) is 0 Å². The molecule has 8 nitrogen and oxygen atoms in total. The van der Waals surface area contributed by atoms with Crippen LogP contribution < -0.4 is 15.4 Å². The molecule has 1 saturated heterocycles. The zero-order valence-corrected chi connectivity index (χ0v) is 20.9. The molecule has 4 rings (SSSR count). The number of hydrogen-bond donors (Lipinski definition) is 2. The molecule has 2 amide bonds. The number of piperazine rings is 1. The molecule has 0 aliphatic carbocycles.